The molecule has 16 heavy (non-hydrogen) atoms. The van der Waals surface area contributed by atoms with Crippen molar-refractivity contribution in [2.75, 3.05) is 26.7 Å². The minimum atomic E-state index is -0.864. The van der Waals surface area contributed by atoms with E-state index in [4.69, 9.17) is 5.11 Å². The van der Waals surface area contributed by atoms with Crippen molar-refractivity contribution in [2.45, 2.75) is 25.3 Å². The van der Waals surface area contributed by atoms with Crippen molar-refractivity contribution in [1.29, 1.82) is 0 Å². The van der Waals surface area contributed by atoms with E-state index >= 15 is 0 Å². The minimum Gasteiger partial charge on any atom is -0.480 e. The normalized spacial score (nSPS) is 30.9. The zero-order valence-corrected chi connectivity index (χ0v) is 9.56. The Bertz CT molecular complexity index is 306. The predicted octanol–water partition coefficient (Wildman–Crippen LogP) is 0.0137. The first-order valence-corrected chi connectivity index (χ1v) is 5.81. The molecule has 0 spiro atoms. The Labute approximate surface area is 95.0 Å². The van der Waals surface area contributed by atoms with Crippen LogP contribution in [0.15, 0.2) is 0 Å². The highest BCUT2D eigenvalue weighted by Gasteiger charge is 2.38. The number of aliphatic carboxylic acids is 1. The SMILES string of the molecule is CN1CCC(C(=O)N2CCC[C@@H]2C(=O)O)C1. The first kappa shape index (κ1) is 11.4. The van der Waals surface area contributed by atoms with E-state index in [-0.39, 0.29) is 11.8 Å². The average Bonchev–Trinajstić information content (AvgIpc) is 2.84. The van der Waals surface area contributed by atoms with Gasteiger partial charge in [0.05, 0.1) is 5.92 Å². The number of amides is 1. The van der Waals surface area contributed by atoms with Crippen LogP contribution in [-0.2, 0) is 9.59 Å². The van der Waals surface area contributed by atoms with Gasteiger partial charge in [-0.25, -0.2) is 4.79 Å². The number of nitrogens with zero attached hydrogens (tertiary/aromatic N) is 2. The lowest BCUT2D eigenvalue weighted by Crippen LogP contribution is -2.44. The third kappa shape index (κ3) is 2.04. The largest absolute Gasteiger partial charge is 0.480 e. The summed E-state index contributed by atoms with van der Waals surface area (Å²) >= 11 is 0. The second-order valence-electron chi connectivity index (χ2n) is 4.78. The maximum Gasteiger partial charge on any atom is 0.326 e. The van der Waals surface area contributed by atoms with Gasteiger partial charge in [-0.15, -0.1) is 0 Å². The van der Waals surface area contributed by atoms with Gasteiger partial charge in [-0.3, -0.25) is 4.79 Å². The Balaban J connectivity index is 2.01. The van der Waals surface area contributed by atoms with Crippen LogP contribution in [0.5, 0.6) is 0 Å². The summed E-state index contributed by atoms with van der Waals surface area (Å²) in [5.41, 5.74) is 0. The summed E-state index contributed by atoms with van der Waals surface area (Å²) in [4.78, 5) is 26.8. The summed E-state index contributed by atoms with van der Waals surface area (Å²) in [5.74, 6) is -0.823. The van der Waals surface area contributed by atoms with Crippen LogP contribution in [0.25, 0.3) is 0 Å². The van der Waals surface area contributed by atoms with Crippen molar-refractivity contribution in [3.8, 4) is 0 Å². The van der Waals surface area contributed by atoms with Gasteiger partial charge in [0.15, 0.2) is 0 Å². The lowest BCUT2D eigenvalue weighted by atomic mass is 10.1. The molecule has 5 heteroatoms. The van der Waals surface area contributed by atoms with Gasteiger partial charge >= 0.3 is 5.97 Å². The second kappa shape index (κ2) is 4.41. The first-order valence-electron chi connectivity index (χ1n) is 5.81. The van der Waals surface area contributed by atoms with Crippen molar-refractivity contribution < 1.29 is 14.7 Å². The monoisotopic (exact) mass is 226 g/mol. The van der Waals surface area contributed by atoms with Crippen LogP contribution in [0.1, 0.15) is 19.3 Å². The summed E-state index contributed by atoms with van der Waals surface area (Å²) in [6.07, 6.45) is 2.27. The third-order valence-electron chi connectivity index (χ3n) is 3.56. The molecule has 0 radical (unpaired) electrons. The van der Waals surface area contributed by atoms with Crippen LogP contribution in [0.3, 0.4) is 0 Å². The van der Waals surface area contributed by atoms with Crippen LogP contribution in [0.2, 0.25) is 0 Å². The Morgan fingerprint density at radius 2 is 2.00 bits per heavy atom. The number of rotatable bonds is 2. The molecule has 1 amide bonds. The first-order chi connectivity index (χ1) is 7.59. The fourth-order valence-electron chi connectivity index (χ4n) is 2.66. The number of carbonyl (C=O) groups excluding carboxylic acids is 1. The zero-order chi connectivity index (χ0) is 11.7. The highest BCUT2D eigenvalue weighted by molar-refractivity contribution is 5.86. The van der Waals surface area contributed by atoms with Crippen LogP contribution >= 0.6 is 0 Å². The van der Waals surface area contributed by atoms with Crippen LogP contribution in [-0.4, -0.2) is 59.5 Å². The van der Waals surface area contributed by atoms with E-state index in [1.54, 1.807) is 4.90 Å². The van der Waals surface area contributed by atoms with Gasteiger partial charge in [-0.2, -0.15) is 0 Å². The van der Waals surface area contributed by atoms with Gasteiger partial charge < -0.3 is 14.9 Å². The van der Waals surface area contributed by atoms with E-state index in [1.807, 2.05) is 7.05 Å². The molecule has 90 valence electrons. The Morgan fingerprint density at radius 1 is 1.25 bits per heavy atom. The third-order valence-corrected chi connectivity index (χ3v) is 3.56. The molecule has 0 aliphatic carbocycles. The molecule has 1 unspecified atom stereocenters. The fourth-order valence-corrected chi connectivity index (χ4v) is 2.66. The number of carboxylic acids is 1. The van der Waals surface area contributed by atoms with Crippen molar-refractivity contribution in [2.24, 2.45) is 5.92 Å². The molecule has 0 bridgehead atoms. The van der Waals surface area contributed by atoms with Crippen molar-refractivity contribution in [3.63, 3.8) is 0 Å². The van der Waals surface area contributed by atoms with Crippen LogP contribution in [0.4, 0.5) is 0 Å². The summed E-state index contributed by atoms with van der Waals surface area (Å²) in [6, 6.07) is -0.585. The molecule has 1 N–H and O–H groups in total. The number of hydrogen-bond acceptors (Lipinski definition) is 3. The number of carboxylic acid groups (broad SMARTS) is 1. The highest BCUT2D eigenvalue weighted by Crippen LogP contribution is 2.24. The summed E-state index contributed by atoms with van der Waals surface area (Å²) in [5, 5.41) is 9.02. The van der Waals surface area contributed by atoms with E-state index < -0.39 is 12.0 Å². The van der Waals surface area contributed by atoms with Gasteiger partial charge in [0.25, 0.3) is 0 Å². The molecule has 2 rings (SSSR count). The molecule has 5 nitrogen and oxygen atoms in total. The molecule has 2 fully saturated rings. The summed E-state index contributed by atoms with van der Waals surface area (Å²) < 4.78 is 0. The predicted molar refractivity (Wildman–Crippen MR) is 58.0 cm³/mol. The van der Waals surface area contributed by atoms with E-state index in [0.717, 1.165) is 25.9 Å². The molecule has 2 heterocycles. The molecular weight excluding hydrogens is 208 g/mol. The maximum absolute atomic E-state index is 12.1. The summed E-state index contributed by atoms with van der Waals surface area (Å²) in [7, 11) is 1.99. The smallest absolute Gasteiger partial charge is 0.326 e. The molecule has 0 aromatic rings. The van der Waals surface area contributed by atoms with Crippen molar-refractivity contribution in [3.05, 3.63) is 0 Å². The minimum absolute atomic E-state index is 0.00458. The lowest BCUT2D eigenvalue weighted by molar-refractivity contribution is -0.149. The Hall–Kier alpha value is -1.10. The number of hydrogen-bond donors (Lipinski definition) is 1. The Morgan fingerprint density at radius 3 is 2.56 bits per heavy atom. The van der Waals surface area contributed by atoms with Gasteiger partial charge in [0.1, 0.15) is 6.04 Å². The average molecular weight is 226 g/mol. The topological polar surface area (TPSA) is 60.9 Å². The molecule has 2 saturated heterocycles. The van der Waals surface area contributed by atoms with Gasteiger partial charge in [-0.1, -0.05) is 0 Å². The molecule has 0 aromatic carbocycles. The quantitative estimate of drug-likeness (QED) is 0.720. The van der Waals surface area contributed by atoms with Gasteiger partial charge in [0, 0.05) is 13.1 Å². The van der Waals surface area contributed by atoms with Gasteiger partial charge in [0.2, 0.25) is 5.91 Å². The maximum atomic E-state index is 12.1. The molecular formula is C11H18N2O3. The fraction of sp³-hybridized carbons (Fsp3) is 0.818. The zero-order valence-electron chi connectivity index (χ0n) is 9.56. The number of carbonyl (C=O) groups is 2. The molecule has 0 saturated carbocycles. The molecule has 2 aliphatic rings. The van der Waals surface area contributed by atoms with Crippen molar-refractivity contribution >= 4 is 11.9 Å². The van der Waals surface area contributed by atoms with Crippen LogP contribution < -0.4 is 0 Å². The van der Waals surface area contributed by atoms with E-state index in [0.29, 0.717) is 13.0 Å². The second-order valence-corrected chi connectivity index (χ2v) is 4.78. The van der Waals surface area contributed by atoms with E-state index in [2.05, 4.69) is 4.90 Å². The molecule has 0 aromatic heterocycles. The Kier molecular flexibility index (Phi) is 3.14. The summed E-state index contributed by atoms with van der Waals surface area (Å²) in [6.45, 7) is 2.31. The van der Waals surface area contributed by atoms with Crippen molar-refractivity contribution in [1.82, 2.24) is 9.80 Å². The highest BCUT2D eigenvalue weighted by atomic mass is 16.4. The molecule has 2 atom stereocenters. The number of likely N-dealkylation sites (tertiary alicyclic amines) is 2. The van der Waals surface area contributed by atoms with E-state index in [1.165, 1.54) is 0 Å². The van der Waals surface area contributed by atoms with Crippen LogP contribution in [0, 0.1) is 5.92 Å². The standard InChI is InChI=1S/C11H18N2O3/c1-12-6-4-8(7-12)10(14)13-5-2-3-9(13)11(15)16/h8-9H,2-7H2,1H3,(H,15,16)/t8?,9-/m1/s1. The van der Waals surface area contributed by atoms with E-state index in [9.17, 15) is 9.59 Å². The van der Waals surface area contributed by atoms with Gasteiger partial charge in [-0.05, 0) is 32.9 Å². The molecule has 2 aliphatic heterocycles. The lowest BCUT2D eigenvalue weighted by Gasteiger charge is -2.24.